The molecule has 0 bridgehead atoms. The molecule has 26 heavy (non-hydrogen) atoms. The van der Waals surface area contributed by atoms with E-state index >= 15 is 0 Å². The van der Waals surface area contributed by atoms with Crippen LogP contribution >= 0.6 is 15.9 Å². The zero-order valence-electron chi connectivity index (χ0n) is 14.3. The average Bonchev–Trinajstić information content (AvgIpc) is 2.67. The van der Waals surface area contributed by atoms with E-state index in [4.69, 9.17) is 9.47 Å². The number of benzene rings is 3. The highest BCUT2D eigenvalue weighted by Crippen LogP contribution is 2.29. The first-order valence-corrected chi connectivity index (χ1v) is 8.65. The van der Waals surface area contributed by atoms with Gasteiger partial charge >= 0.3 is 0 Å². The lowest BCUT2D eigenvalue weighted by Crippen LogP contribution is -2.17. The molecule has 6 heteroatoms. The van der Waals surface area contributed by atoms with E-state index in [1.54, 1.807) is 38.6 Å². The highest BCUT2D eigenvalue weighted by Gasteiger charge is 2.09. The highest BCUT2D eigenvalue weighted by atomic mass is 79.9. The predicted octanol–water partition coefficient (Wildman–Crippen LogP) is 4.38. The Hall–Kier alpha value is -2.86. The second kappa shape index (κ2) is 8.01. The van der Waals surface area contributed by atoms with Crippen LogP contribution in [0.25, 0.3) is 10.8 Å². The van der Waals surface area contributed by atoms with Crippen molar-refractivity contribution in [3.05, 3.63) is 70.2 Å². The van der Waals surface area contributed by atoms with E-state index in [-0.39, 0.29) is 5.91 Å². The molecule has 1 amide bonds. The minimum absolute atomic E-state index is 0.292. The van der Waals surface area contributed by atoms with E-state index in [0.29, 0.717) is 11.3 Å². The Balaban J connectivity index is 1.91. The van der Waals surface area contributed by atoms with Crippen LogP contribution in [0.5, 0.6) is 11.5 Å². The number of rotatable bonds is 5. The largest absolute Gasteiger partial charge is 0.497 e. The molecule has 0 saturated heterocycles. The summed E-state index contributed by atoms with van der Waals surface area (Å²) < 4.78 is 11.6. The van der Waals surface area contributed by atoms with Gasteiger partial charge in [-0.1, -0.05) is 34.1 Å². The fourth-order valence-corrected chi connectivity index (χ4v) is 2.99. The summed E-state index contributed by atoms with van der Waals surface area (Å²) in [5, 5.41) is 6.04. The maximum absolute atomic E-state index is 12.2. The molecule has 0 atom stereocenters. The molecule has 0 radical (unpaired) electrons. The molecule has 3 aromatic rings. The summed E-state index contributed by atoms with van der Waals surface area (Å²) in [5.41, 5.74) is 3.82. The van der Waals surface area contributed by atoms with Gasteiger partial charge in [-0.15, -0.1) is 0 Å². The number of hydrazone groups is 1. The van der Waals surface area contributed by atoms with Crippen molar-refractivity contribution in [2.24, 2.45) is 5.10 Å². The number of hydrogen-bond donors (Lipinski definition) is 1. The molecule has 1 N–H and O–H groups in total. The third kappa shape index (κ3) is 3.86. The standard InChI is InChI=1S/C20H17BrN2O3/c1-25-16-8-6-13-7-9-19(26-2)18(17(13)11-16)12-22-23-20(24)14-4-3-5-15(21)10-14/h3-12H,1-2H3,(H,23,24). The van der Waals surface area contributed by atoms with Crippen molar-refractivity contribution < 1.29 is 14.3 Å². The Kier molecular flexibility index (Phi) is 5.53. The van der Waals surface area contributed by atoms with Crippen molar-refractivity contribution in [3.63, 3.8) is 0 Å². The van der Waals surface area contributed by atoms with Crippen molar-refractivity contribution in [1.82, 2.24) is 5.43 Å². The zero-order valence-corrected chi connectivity index (χ0v) is 15.9. The number of halogens is 1. The third-order valence-electron chi connectivity index (χ3n) is 3.90. The molecule has 0 spiro atoms. The number of fused-ring (bicyclic) bond motifs is 1. The Morgan fingerprint density at radius 1 is 1.08 bits per heavy atom. The summed E-state index contributed by atoms with van der Waals surface area (Å²) in [4.78, 5) is 12.2. The van der Waals surface area contributed by atoms with Crippen LogP contribution in [0.15, 0.2) is 64.2 Å². The summed E-state index contributed by atoms with van der Waals surface area (Å²) in [6.45, 7) is 0. The molecule has 132 valence electrons. The van der Waals surface area contributed by atoms with E-state index in [2.05, 4.69) is 26.5 Å². The molecule has 0 aliphatic carbocycles. The van der Waals surface area contributed by atoms with Crippen molar-refractivity contribution in [2.45, 2.75) is 0 Å². The normalized spacial score (nSPS) is 10.9. The zero-order chi connectivity index (χ0) is 18.5. The molecule has 0 heterocycles. The van der Waals surface area contributed by atoms with Crippen LogP contribution in [0.1, 0.15) is 15.9 Å². The van der Waals surface area contributed by atoms with Crippen LogP contribution in [0.3, 0.4) is 0 Å². The molecule has 0 unspecified atom stereocenters. The molecule has 0 fully saturated rings. The fraction of sp³-hybridized carbons (Fsp3) is 0.100. The van der Waals surface area contributed by atoms with Gasteiger partial charge in [0.2, 0.25) is 0 Å². The summed E-state index contributed by atoms with van der Waals surface area (Å²) in [6, 6.07) is 16.7. The van der Waals surface area contributed by atoms with Gasteiger partial charge in [0.1, 0.15) is 11.5 Å². The van der Waals surface area contributed by atoms with Crippen molar-refractivity contribution >= 4 is 38.8 Å². The highest BCUT2D eigenvalue weighted by molar-refractivity contribution is 9.10. The molecule has 0 aromatic heterocycles. The van der Waals surface area contributed by atoms with E-state index < -0.39 is 0 Å². The van der Waals surface area contributed by atoms with Crippen molar-refractivity contribution in [2.75, 3.05) is 14.2 Å². The van der Waals surface area contributed by atoms with Crippen LogP contribution < -0.4 is 14.9 Å². The number of nitrogens with one attached hydrogen (secondary N) is 1. The molecule has 5 nitrogen and oxygen atoms in total. The molecule has 3 aromatic carbocycles. The lowest BCUT2D eigenvalue weighted by Gasteiger charge is -2.10. The Labute approximate surface area is 159 Å². The Morgan fingerprint density at radius 3 is 2.62 bits per heavy atom. The van der Waals surface area contributed by atoms with E-state index in [0.717, 1.165) is 26.6 Å². The lowest BCUT2D eigenvalue weighted by atomic mass is 10.0. The Morgan fingerprint density at radius 2 is 1.88 bits per heavy atom. The van der Waals surface area contributed by atoms with Gasteiger partial charge in [0.05, 0.1) is 20.4 Å². The third-order valence-corrected chi connectivity index (χ3v) is 4.39. The van der Waals surface area contributed by atoms with Crippen LogP contribution in [0.2, 0.25) is 0 Å². The number of nitrogens with zero attached hydrogens (tertiary/aromatic N) is 1. The van der Waals surface area contributed by atoms with E-state index in [1.807, 2.05) is 36.4 Å². The first-order chi connectivity index (χ1) is 12.6. The molecular formula is C20H17BrN2O3. The topological polar surface area (TPSA) is 59.9 Å². The first-order valence-electron chi connectivity index (χ1n) is 7.86. The van der Waals surface area contributed by atoms with Gasteiger partial charge in [-0.25, -0.2) is 5.43 Å². The molecule has 0 saturated carbocycles. The lowest BCUT2D eigenvalue weighted by molar-refractivity contribution is 0.0955. The van der Waals surface area contributed by atoms with E-state index in [9.17, 15) is 4.79 Å². The fourth-order valence-electron chi connectivity index (χ4n) is 2.59. The maximum atomic E-state index is 12.2. The van der Waals surface area contributed by atoms with E-state index in [1.165, 1.54) is 0 Å². The Bertz CT molecular complexity index is 981. The minimum atomic E-state index is -0.292. The molecule has 0 aliphatic rings. The number of carbonyl (C=O) groups is 1. The first kappa shape index (κ1) is 17.9. The van der Waals surface area contributed by atoms with Gasteiger partial charge in [0.15, 0.2) is 0 Å². The SMILES string of the molecule is COc1ccc2ccc(OC)c(C=NNC(=O)c3cccc(Br)c3)c2c1. The smallest absolute Gasteiger partial charge is 0.271 e. The molecule has 0 aliphatic heterocycles. The van der Waals surface area contributed by atoms with Crippen LogP contribution in [-0.2, 0) is 0 Å². The second-order valence-corrected chi connectivity index (χ2v) is 6.39. The average molecular weight is 413 g/mol. The maximum Gasteiger partial charge on any atom is 0.271 e. The number of ether oxygens (including phenoxy) is 2. The van der Waals surface area contributed by atoms with Crippen LogP contribution in [0, 0.1) is 0 Å². The van der Waals surface area contributed by atoms with Crippen LogP contribution in [-0.4, -0.2) is 26.3 Å². The van der Waals surface area contributed by atoms with Crippen molar-refractivity contribution in [3.8, 4) is 11.5 Å². The van der Waals surface area contributed by atoms with Gasteiger partial charge in [-0.05, 0) is 47.2 Å². The monoisotopic (exact) mass is 412 g/mol. The van der Waals surface area contributed by atoms with Gasteiger partial charge in [-0.2, -0.15) is 5.10 Å². The van der Waals surface area contributed by atoms with Crippen molar-refractivity contribution in [1.29, 1.82) is 0 Å². The number of amides is 1. The number of carbonyl (C=O) groups excluding carboxylic acids is 1. The quantitative estimate of drug-likeness (QED) is 0.499. The van der Waals surface area contributed by atoms with Crippen LogP contribution in [0.4, 0.5) is 0 Å². The van der Waals surface area contributed by atoms with Gasteiger partial charge in [-0.3, -0.25) is 4.79 Å². The number of methoxy groups -OCH3 is 2. The molecule has 3 rings (SSSR count). The second-order valence-electron chi connectivity index (χ2n) is 5.48. The summed E-state index contributed by atoms with van der Waals surface area (Å²) in [5.74, 6) is 1.10. The predicted molar refractivity (Wildman–Crippen MR) is 106 cm³/mol. The molecular weight excluding hydrogens is 396 g/mol. The van der Waals surface area contributed by atoms with Gasteiger partial charge < -0.3 is 9.47 Å². The van der Waals surface area contributed by atoms with Gasteiger partial charge in [0, 0.05) is 15.6 Å². The number of hydrogen-bond acceptors (Lipinski definition) is 4. The minimum Gasteiger partial charge on any atom is -0.497 e. The summed E-state index contributed by atoms with van der Waals surface area (Å²) in [6.07, 6.45) is 1.58. The van der Waals surface area contributed by atoms with Gasteiger partial charge in [0.25, 0.3) is 5.91 Å². The summed E-state index contributed by atoms with van der Waals surface area (Å²) in [7, 11) is 3.21. The summed E-state index contributed by atoms with van der Waals surface area (Å²) >= 11 is 3.35.